The summed E-state index contributed by atoms with van der Waals surface area (Å²) in [5.41, 5.74) is 3.27. The van der Waals surface area contributed by atoms with Crippen LogP contribution < -0.4 is 10.1 Å². The molecule has 31 heavy (non-hydrogen) atoms. The number of methoxy groups -OCH3 is 1. The third kappa shape index (κ3) is 7.74. The molecule has 1 N–H and O–H groups in total. The molecule has 2 rings (SSSR count). The Morgan fingerprint density at radius 1 is 1.06 bits per heavy atom. The van der Waals surface area contributed by atoms with Gasteiger partial charge >= 0.3 is 0 Å². The second kappa shape index (κ2) is 12.8. The van der Waals surface area contributed by atoms with Crippen LogP contribution in [0.4, 0.5) is 0 Å². The highest BCUT2D eigenvalue weighted by Crippen LogP contribution is 2.19. The first-order valence-corrected chi connectivity index (χ1v) is 11.2. The lowest BCUT2D eigenvalue weighted by atomic mass is 10.0. The molecule has 0 fully saturated rings. The molecule has 0 heterocycles. The predicted octanol–water partition coefficient (Wildman–Crippen LogP) is 4.66. The Kier molecular flexibility index (Phi) is 10.1. The maximum atomic E-state index is 13.3. The normalized spacial score (nSPS) is 11.6. The number of amides is 2. The Morgan fingerprint density at radius 3 is 2.45 bits per heavy atom. The van der Waals surface area contributed by atoms with Crippen molar-refractivity contribution < 1.29 is 14.3 Å². The molecule has 5 nitrogen and oxygen atoms in total. The van der Waals surface area contributed by atoms with Crippen LogP contribution in [0.25, 0.3) is 0 Å². The summed E-state index contributed by atoms with van der Waals surface area (Å²) in [5, 5.41) is 3.00. The van der Waals surface area contributed by atoms with Crippen LogP contribution in [0.2, 0.25) is 0 Å². The second-order valence-electron chi connectivity index (χ2n) is 7.93. The van der Waals surface area contributed by atoms with E-state index in [1.165, 1.54) is 5.56 Å². The lowest BCUT2D eigenvalue weighted by Crippen LogP contribution is -2.49. The van der Waals surface area contributed by atoms with Crippen LogP contribution in [0, 0.1) is 6.92 Å². The summed E-state index contributed by atoms with van der Waals surface area (Å²) >= 11 is 0. The molecule has 2 aromatic rings. The van der Waals surface area contributed by atoms with Gasteiger partial charge in [0.2, 0.25) is 11.8 Å². The van der Waals surface area contributed by atoms with Crippen LogP contribution in [0.3, 0.4) is 0 Å². The van der Waals surface area contributed by atoms with E-state index in [4.69, 9.17) is 4.74 Å². The quantitative estimate of drug-likeness (QED) is 0.504. The van der Waals surface area contributed by atoms with E-state index < -0.39 is 6.04 Å². The van der Waals surface area contributed by atoms with E-state index in [1.54, 1.807) is 12.0 Å². The first-order chi connectivity index (χ1) is 15.0. The van der Waals surface area contributed by atoms with E-state index in [0.29, 0.717) is 32.4 Å². The third-order valence-corrected chi connectivity index (χ3v) is 5.45. The van der Waals surface area contributed by atoms with E-state index in [2.05, 4.69) is 36.5 Å². The van der Waals surface area contributed by atoms with Gasteiger partial charge in [0.25, 0.3) is 0 Å². The molecule has 5 heteroatoms. The van der Waals surface area contributed by atoms with Crippen molar-refractivity contribution in [3.05, 3.63) is 65.2 Å². The van der Waals surface area contributed by atoms with Crippen molar-refractivity contribution in [3.63, 3.8) is 0 Å². The molecule has 0 aliphatic heterocycles. The van der Waals surface area contributed by atoms with Crippen LogP contribution in [-0.4, -0.2) is 36.4 Å². The molecule has 0 radical (unpaired) electrons. The van der Waals surface area contributed by atoms with Gasteiger partial charge in [-0.2, -0.15) is 0 Å². The zero-order chi connectivity index (χ0) is 22.6. The van der Waals surface area contributed by atoms with E-state index >= 15 is 0 Å². The summed E-state index contributed by atoms with van der Waals surface area (Å²) in [6.07, 6.45) is 3.53. The number of carbonyl (C=O) groups is 2. The summed E-state index contributed by atoms with van der Waals surface area (Å²) in [6.45, 7) is 7.11. The average molecular weight is 425 g/mol. The number of unbranched alkanes of at least 4 members (excludes halogenated alkanes) is 1. The SMILES string of the molecule is CCCCNC(=O)C(CC)N(Cc1cccc(OC)c1)C(=O)CCc1ccc(C)cc1. The topological polar surface area (TPSA) is 58.6 Å². The number of benzene rings is 2. The van der Waals surface area contributed by atoms with E-state index in [1.807, 2.05) is 38.1 Å². The maximum absolute atomic E-state index is 13.3. The fourth-order valence-electron chi connectivity index (χ4n) is 3.54. The van der Waals surface area contributed by atoms with Crippen LogP contribution in [-0.2, 0) is 22.6 Å². The Hall–Kier alpha value is -2.82. The Labute approximate surface area is 186 Å². The molecule has 0 spiro atoms. The number of aryl methyl sites for hydroxylation is 2. The summed E-state index contributed by atoms with van der Waals surface area (Å²) < 4.78 is 5.33. The van der Waals surface area contributed by atoms with Gasteiger partial charge in [0.05, 0.1) is 7.11 Å². The van der Waals surface area contributed by atoms with Crippen molar-refractivity contribution >= 4 is 11.8 Å². The van der Waals surface area contributed by atoms with Gasteiger partial charge in [-0.15, -0.1) is 0 Å². The lowest BCUT2D eigenvalue weighted by molar-refractivity contribution is -0.141. The van der Waals surface area contributed by atoms with Crippen molar-refractivity contribution in [2.45, 2.75) is 65.5 Å². The average Bonchev–Trinajstić information content (AvgIpc) is 2.78. The van der Waals surface area contributed by atoms with E-state index in [9.17, 15) is 9.59 Å². The number of carbonyl (C=O) groups excluding carboxylic acids is 2. The summed E-state index contributed by atoms with van der Waals surface area (Å²) in [4.78, 5) is 27.9. The van der Waals surface area contributed by atoms with E-state index in [-0.39, 0.29) is 11.8 Å². The van der Waals surface area contributed by atoms with Gasteiger partial charge in [-0.1, -0.05) is 62.2 Å². The zero-order valence-corrected chi connectivity index (χ0v) is 19.3. The first kappa shape index (κ1) is 24.4. The molecule has 2 aromatic carbocycles. The highest BCUT2D eigenvalue weighted by Gasteiger charge is 2.28. The Bertz CT molecular complexity index is 833. The smallest absolute Gasteiger partial charge is 0.242 e. The first-order valence-electron chi connectivity index (χ1n) is 11.2. The number of hydrogen-bond donors (Lipinski definition) is 1. The summed E-state index contributed by atoms with van der Waals surface area (Å²) in [7, 11) is 1.62. The fraction of sp³-hybridized carbons (Fsp3) is 0.462. The number of ether oxygens (including phenoxy) is 1. The molecule has 0 aliphatic rings. The molecular formula is C26H36N2O3. The minimum absolute atomic E-state index is 0.0131. The molecule has 1 atom stereocenters. The number of nitrogens with zero attached hydrogens (tertiary/aromatic N) is 1. The van der Waals surface area contributed by atoms with Crippen LogP contribution in [0.15, 0.2) is 48.5 Å². The number of nitrogens with one attached hydrogen (secondary N) is 1. The third-order valence-electron chi connectivity index (χ3n) is 5.45. The van der Waals surface area contributed by atoms with Crippen molar-refractivity contribution in [1.82, 2.24) is 10.2 Å². The molecule has 168 valence electrons. The van der Waals surface area contributed by atoms with Gasteiger partial charge in [-0.3, -0.25) is 9.59 Å². The summed E-state index contributed by atoms with van der Waals surface area (Å²) in [6, 6.07) is 15.4. The molecular weight excluding hydrogens is 388 g/mol. The van der Waals surface area contributed by atoms with Gasteiger partial charge in [0, 0.05) is 19.5 Å². The van der Waals surface area contributed by atoms with E-state index in [0.717, 1.165) is 29.7 Å². The lowest BCUT2D eigenvalue weighted by Gasteiger charge is -2.31. The van der Waals surface area contributed by atoms with Gasteiger partial charge in [0.15, 0.2) is 0 Å². The minimum Gasteiger partial charge on any atom is -0.497 e. The maximum Gasteiger partial charge on any atom is 0.242 e. The highest BCUT2D eigenvalue weighted by atomic mass is 16.5. The largest absolute Gasteiger partial charge is 0.497 e. The molecule has 0 bridgehead atoms. The molecule has 0 saturated heterocycles. The molecule has 0 saturated carbocycles. The Balaban J connectivity index is 2.18. The molecule has 1 unspecified atom stereocenters. The van der Waals surface area contributed by atoms with Crippen LogP contribution >= 0.6 is 0 Å². The molecule has 0 aliphatic carbocycles. The van der Waals surface area contributed by atoms with Crippen LogP contribution in [0.1, 0.15) is 56.2 Å². The molecule has 2 amide bonds. The van der Waals surface area contributed by atoms with Crippen molar-refractivity contribution in [2.75, 3.05) is 13.7 Å². The van der Waals surface area contributed by atoms with Crippen molar-refractivity contribution in [3.8, 4) is 5.75 Å². The standard InChI is InChI=1S/C26H36N2O3/c1-5-7-17-27-26(30)24(6-2)28(19-22-9-8-10-23(18-22)31-4)25(29)16-15-21-13-11-20(3)12-14-21/h8-14,18,24H,5-7,15-17,19H2,1-4H3,(H,27,30). The summed E-state index contributed by atoms with van der Waals surface area (Å²) in [5.74, 6) is 0.647. The fourth-order valence-corrected chi connectivity index (χ4v) is 3.54. The minimum atomic E-state index is -0.492. The molecule has 0 aromatic heterocycles. The monoisotopic (exact) mass is 424 g/mol. The van der Waals surface area contributed by atoms with Crippen molar-refractivity contribution in [2.24, 2.45) is 0 Å². The second-order valence-corrected chi connectivity index (χ2v) is 7.93. The van der Waals surface area contributed by atoms with Gasteiger partial charge in [0.1, 0.15) is 11.8 Å². The Morgan fingerprint density at radius 2 is 1.81 bits per heavy atom. The zero-order valence-electron chi connectivity index (χ0n) is 19.3. The van der Waals surface area contributed by atoms with Gasteiger partial charge in [-0.25, -0.2) is 0 Å². The highest BCUT2D eigenvalue weighted by molar-refractivity contribution is 5.87. The number of rotatable bonds is 12. The van der Waals surface area contributed by atoms with Crippen LogP contribution in [0.5, 0.6) is 5.75 Å². The van der Waals surface area contributed by atoms with Gasteiger partial charge in [-0.05, 0) is 49.4 Å². The number of hydrogen-bond acceptors (Lipinski definition) is 3. The van der Waals surface area contributed by atoms with Gasteiger partial charge < -0.3 is 15.0 Å². The van der Waals surface area contributed by atoms with Crippen molar-refractivity contribution in [1.29, 1.82) is 0 Å². The predicted molar refractivity (Wildman–Crippen MR) is 125 cm³/mol.